The summed E-state index contributed by atoms with van der Waals surface area (Å²) in [5, 5.41) is 0. The number of fused-ring (bicyclic) bond motifs is 1. The summed E-state index contributed by atoms with van der Waals surface area (Å²) in [7, 11) is 0. The molecule has 1 aliphatic heterocycles. The lowest BCUT2D eigenvalue weighted by molar-refractivity contribution is -0.122. The van der Waals surface area contributed by atoms with Crippen LogP contribution in [0.3, 0.4) is 0 Å². The number of thiocarbonyl (C=S) groups is 1. The first-order chi connectivity index (χ1) is 16.9. The average Bonchev–Trinajstić information content (AvgIpc) is 3.10. The van der Waals surface area contributed by atoms with Gasteiger partial charge >= 0.3 is 0 Å². The topological polar surface area (TPSA) is 63.9 Å². The Morgan fingerprint density at radius 1 is 1.11 bits per heavy atom. The highest BCUT2D eigenvalue weighted by atomic mass is 32.2. The summed E-state index contributed by atoms with van der Waals surface area (Å²) in [5.41, 5.74) is 0.777. The summed E-state index contributed by atoms with van der Waals surface area (Å²) in [6, 6.07) is 9.45. The maximum Gasteiger partial charge on any atom is 0.269 e. The Morgan fingerprint density at radius 2 is 1.89 bits per heavy atom. The SMILES string of the molecule is CCCCCCCN1C(=O)/C(=C\c2c(Oc3ccccc3F)nc3c(C)cccn3c2=O)SC1=S. The second kappa shape index (κ2) is 11.1. The van der Waals surface area contributed by atoms with Crippen LogP contribution in [0.15, 0.2) is 52.3 Å². The Balaban J connectivity index is 1.72. The molecule has 35 heavy (non-hydrogen) atoms. The van der Waals surface area contributed by atoms with Crippen molar-refractivity contribution < 1.29 is 13.9 Å². The number of halogens is 1. The molecule has 0 N–H and O–H groups in total. The highest BCUT2D eigenvalue weighted by Gasteiger charge is 2.32. The highest BCUT2D eigenvalue weighted by Crippen LogP contribution is 2.34. The quantitative estimate of drug-likeness (QED) is 0.196. The highest BCUT2D eigenvalue weighted by molar-refractivity contribution is 8.26. The van der Waals surface area contributed by atoms with Crippen molar-refractivity contribution in [2.45, 2.75) is 46.0 Å². The fourth-order valence-electron chi connectivity index (χ4n) is 3.82. The van der Waals surface area contributed by atoms with E-state index in [0.717, 1.165) is 43.0 Å². The van der Waals surface area contributed by atoms with Gasteiger partial charge in [0.15, 0.2) is 11.6 Å². The van der Waals surface area contributed by atoms with E-state index >= 15 is 0 Å². The van der Waals surface area contributed by atoms with Gasteiger partial charge in [-0.1, -0.05) is 74.8 Å². The molecular formula is C26H26FN3O3S2. The Kier molecular flexibility index (Phi) is 7.97. The van der Waals surface area contributed by atoms with E-state index in [9.17, 15) is 14.0 Å². The second-order valence-electron chi connectivity index (χ2n) is 8.30. The van der Waals surface area contributed by atoms with E-state index in [-0.39, 0.29) is 23.1 Å². The Labute approximate surface area is 212 Å². The number of rotatable bonds is 9. The van der Waals surface area contributed by atoms with Gasteiger partial charge in [-0.2, -0.15) is 4.98 Å². The lowest BCUT2D eigenvalue weighted by atomic mass is 10.1. The number of nitrogens with zero attached hydrogens (tertiary/aromatic N) is 3. The summed E-state index contributed by atoms with van der Waals surface area (Å²) in [5.74, 6) is -0.966. The first-order valence-corrected chi connectivity index (χ1v) is 12.8. The van der Waals surface area contributed by atoms with Crippen molar-refractivity contribution in [1.82, 2.24) is 14.3 Å². The molecule has 2 aromatic heterocycles. The molecule has 1 fully saturated rings. The van der Waals surface area contributed by atoms with Crippen molar-refractivity contribution in [3.05, 3.63) is 74.8 Å². The number of benzene rings is 1. The fourth-order valence-corrected chi connectivity index (χ4v) is 5.11. The number of thioether (sulfide) groups is 1. The Morgan fingerprint density at radius 3 is 2.66 bits per heavy atom. The molecule has 1 aliphatic rings. The first kappa shape index (κ1) is 25.1. The van der Waals surface area contributed by atoms with Crippen LogP contribution in [0.2, 0.25) is 0 Å². The van der Waals surface area contributed by atoms with Gasteiger partial charge in [-0.15, -0.1) is 0 Å². The van der Waals surface area contributed by atoms with Crippen molar-refractivity contribution >= 4 is 45.9 Å². The van der Waals surface area contributed by atoms with Crippen LogP contribution in [0.4, 0.5) is 4.39 Å². The minimum absolute atomic E-state index is 0.0554. The van der Waals surface area contributed by atoms with Gasteiger partial charge in [0.2, 0.25) is 5.88 Å². The number of amides is 1. The molecular weight excluding hydrogens is 485 g/mol. The number of aryl methyl sites for hydroxylation is 1. The number of aromatic nitrogens is 2. The van der Waals surface area contributed by atoms with Crippen LogP contribution < -0.4 is 10.3 Å². The van der Waals surface area contributed by atoms with Gasteiger partial charge in [-0.25, -0.2) is 4.39 Å². The third kappa shape index (κ3) is 5.46. The fraction of sp³-hybridized carbons (Fsp3) is 0.308. The van der Waals surface area contributed by atoms with E-state index in [1.807, 2.05) is 13.0 Å². The van der Waals surface area contributed by atoms with Crippen LogP contribution in [0.1, 0.15) is 50.2 Å². The molecule has 0 saturated carbocycles. The molecule has 0 aliphatic carbocycles. The van der Waals surface area contributed by atoms with Crippen LogP contribution >= 0.6 is 24.0 Å². The molecule has 1 amide bonds. The summed E-state index contributed by atoms with van der Waals surface area (Å²) < 4.78 is 22.0. The summed E-state index contributed by atoms with van der Waals surface area (Å²) in [4.78, 5) is 33.0. The first-order valence-electron chi connectivity index (χ1n) is 11.6. The molecule has 0 spiro atoms. The van der Waals surface area contributed by atoms with E-state index in [2.05, 4.69) is 11.9 Å². The van der Waals surface area contributed by atoms with E-state index < -0.39 is 11.4 Å². The predicted molar refractivity (Wildman–Crippen MR) is 141 cm³/mol. The smallest absolute Gasteiger partial charge is 0.269 e. The maximum atomic E-state index is 14.3. The molecule has 3 heterocycles. The number of carbonyl (C=O) groups excluding carboxylic acids is 1. The predicted octanol–water partition coefficient (Wildman–Crippen LogP) is 6.11. The molecule has 0 bridgehead atoms. The number of para-hydroxylation sites is 1. The largest absolute Gasteiger partial charge is 0.435 e. The average molecular weight is 512 g/mol. The summed E-state index contributed by atoms with van der Waals surface area (Å²) >= 11 is 6.58. The number of carbonyl (C=O) groups is 1. The number of pyridine rings is 1. The van der Waals surface area contributed by atoms with Crippen molar-refractivity contribution in [2.75, 3.05) is 6.54 Å². The third-order valence-electron chi connectivity index (χ3n) is 5.73. The van der Waals surface area contributed by atoms with Gasteiger partial charge in [0.05, 0.1) is 4.91 Å². The van der Waals surface area contributed by atoms with E-state index in [4.69, 9.17) is 17.0 Å². The zero-order valence-corrected chi connectivity index (χ0v) is 21.3. The van der Waals surface area contributed by atoms with Crippen molar-refractivity contribution in [1.29, 1.82) is 0 Å². The molecule has 0 atom stereocenters. The number of ether oxygens (including phenoxy) is 1. The molecule has 0 radical (unpaired) electrons. The second-order valence-corrected chi connectivity index (χ2v) is 9.98. The van der Waals surface area contributed by atoms with E-state index in [1.165, 1.54) is 29.0 Å². The maximum absolute atomic E-state index is 14.3. The van der Waals surface area contributed by atoms with Crippen molar-refractivity contribution in [2.24, 2.45) is 0 Å². The van der Waals surface area contributed by atoms with E-state index in [0.29, 0.717) is 21.4 Å². The van der Waals surface area contributed by atoms with Crippen molar-refractivity contribution in [3.63, 3.8) is 0 Å². The van der Waals surface area contributed by atoms with Crippen LogP contribution in [-0.2, 0) is 4.79 Å². The summed E-state index contributed by atoms with van der Waals surface area (Å²) in [6.45, 7) is 4.51. The standard InChI is InChI=1S/C26H26FN3O3S2/c1-3-4-5-6-9-14-30-25(32)21(35-26(30)34)16-18-23(33-20-13-8-7-12-19(20)27)28-22-17(2)11-10-15-29(22)24(18)31/h7-8,10-13,15-16H,3-6,9,14H2,1-2H3/b21-16+. The third-order valence-corrected chi connectivity index (χ3v) is 7.10. The van der Waals surface area contributed by atoms with Crippen LogP contribution in [0, 0.1) is 12.7 Å². The van der Waals surface area contributed by atoms with Gasteiger partial charge < -0.3 is 4.74 Å². The van der Waals surface area contributed by atoms with Crippen LogP contribution in [0.5, 0.6) is 11.6 Å². The number of unbranched alkanes of at least 4 members (excludes halogenated alkanes) is 4. The van der Waals surface area contributed by atoms with Gasteiger partial charge in [-0.05, 0) is 43.2 Å². The number of hydrogen-bond donors (Lipinski definition) is 0. The van der Waals surface area contributed by atoms with Gasteiger partial charge in [0, 0.05) is 12.7 Å². The zero-order chi connectivity index (χ0) is 24.9. The lowest BCUT2D eigenvalue weighted by Gasteiger charge is -2.14. The minimum Gasteiger partial charge on any atom is -0.435 e. The molecule has 9 heteroatoms. The van der Waals surface area contributed by atoms with Crippen LogP contribution in [-0.4, -0.2) is 31.1 Å². The Bertz CT molecular complexity index is 1370. The normalized spacial score (nSPS) is 14.9. The monoisotopic (exact) mass is 511 g/mol. The molecule has 1 saturated heterocycles. The summed E-state index contributed by atoms with van der Waals surface area (Å²) in [6.07, 6.45) is 8.38. The molecule has 4 rings (SSSR count). The van der Waals surface area contributed by atoms with Gasteiger partial charge in [-0.3, -0.25) is 18.9 Å². The molecule has 6 nitrogen and oxygen atoms in total. The minimum atomic E-state index is -0.584. The van der Waals surface area contributed by atoms with Crippen molar-refractivity contribution in [3.8, 4) is 11.6 Å². The lowest BCUT2D eigenvalue weighted by Crippen LogP contribution is -2.29. The molecule has 182 valence electrons. The van der Waals surface area contributed by atoms with Gasteiger partial charge in [0.25, 0.3) is 11.5 Å². The molecule has 1 aromatic carbocycles. The van der Waals surface area contributed by atoms with Crippen LogP contribution in [0.25, 0.3) is 11.7 Å². The zero-order valence-electron chi connectivity index (χ0n) is 19.6. The van der Waals surface area contributed by atoms with E-state index in [1.54, 1.807) is 29.3 Å². The molecule has 3 aromatic rings. The molecule has 0 unspecified atom stereocenters. The Hall–Kier alpha value is -3.04. The van der Waals surface area contributed by atoms with Gasteiger partial charge in [0.1, 0.15) is 15.5 Å². The number of hydrogen-bond acceptors (Lipinski definition) is 6.